The number of hydrogen-bond acceptors (Lipinski definition) is 7. The van der Waals surface area contributed by atoms with Gasteiger partial charge in [0.2, 0.25) is 20.0 Å². The molecule has 0 aromatic rings. The van der Waals surface area contributed by atoms with E-state index in [0.29, 0.717) is 4.41 Å². The van der Waals surface area contributed by atoms with Crippen LogP contribution in [0, 0.1) is 0 Å². The summed E-state index contributed by atoms with van der Waals surface area (Å²) in [6.07, 6.45) is 1.78. The lowest BCUT2D eigenvalue weighted by molar-refractivity contribution is 0.174. The first-order valence-electron chi connectivity index (χ1n) is 3.94. The minimum atomic E-state index is -3.61. The van der Waals surface area contributed by atoms with Crippen molar-refractivity contribution in [2.45, 2.75) is 0 Å². The summed E-state index contributed by atoms with van der Waals surface area (Å²) in [6, 6.07) is 0. The maximum Gasteiger partial charge on any atom is 0.335 e. The first kappa shape index (κ1) is 19.0. The van der Waals surface area contributed by atoms with Crippen molar-refractivity contribution < 1.29 is 30.0 Å². The summed E-state index contributed by atoms with van der Waals surface area (Å²) in [6.45, 7) is 0.0397. The molecule has 0 fully saturated rings. The Morgan fingerprint density at radius 3 is 1.82 bits per heavy atom. The van der Waals surface area contributed by atoms with Crippen LogP contribution in [0.15, 0.2) is 0 Å². The van der Waals surface area contributed by atoms with Gasteiger partial charge in [-0.15, -0.1) is 9.25 Å². The second-order valence-electron chi connectivity index (χ2n) is 2.76. The lowest BCUT2D eigenvalue weighted by Crippen LogP contribution is -2.46. The van der Waals surface area contributed by atoms with E-state index in [4.69, 9.17) is 8.42 Å². The fraction of sp³-hybridized carbons (Fsp3) is 1.00. The van der Waals surface area contributed by atoms with E-state index in [1.54, 1.807) is 0 Å². The highest BCUT2D eigenvalue weighted by Gasteiger charge is 2.19. The van der Waals surface area contributed by atoms with Crippen molar-refractivity contribution in [2.75, 3.05) is 32.8 Å². The first-order chi connectivity index (χ1) is 7.58. The van der Waals surface area contributed by atoms with Gasteiger partial charge < -0.3 is 4.74 Å². The minimum absolute atomic E-state index is 0.0671. The van der Waals surface area contributed by atoms with E-state index in [0.717, 1.165) is 12.5 Å². The molecule has 0 saturated heterocycles. The molecule has 0 heterocycles. The molecule has 0 saturated carbocycles. The molecule has 0 atom stereocenters. The Hall–Kier alpha value is -0.400. The summed E-state index contributed by atoms with van der Waals surface area (Å²) in [7, 11) is -5.81. The van der Waals surface area contributed by atoms with Gasteiger partial charge in [-0.3, -0.25) is 0 Å². The summed E-state index contributed by atoms with van der Waals surface area (Å²) >= 11 is -0.750. The molecule has 0 aliphatic rings. The van der Waals surface area contributed by atoms with E-state index in [-0.39, 0.29) is 13.2 Å². The summed E-state index contributed by atoms with van der Waals surface area (Å²) < 4.78 is 65.5. The van der Waals surface area contributed by atoms with Crippen LogP contribution in [0.1, 0.15) is 0 Å². The van der Waals surface area contributed by atoms with Gasteiger partial charge in [0.1, 0.15) is 0 Å². The Bertz CT molecular complexity index is 436. The third-order valence-corrected chi connectivity index (χ3v) is 2.91. The zero-order valence-corrected chi connectivity index (χ0v) is 11.9. The van der Waals surface area contributed by atoms with Gasteiger partial charge in [-0.1, -0.05) is 0 Å². The summed E-state index contributed by atoms with van der Waals surface area (Å²) in [5, 5.41) is 0. The molecule has 0 unspecified atom stereocenters. The summed E-state index contributed by atoms with van der Waals surface area (Å²) in [5.41, 5.74) is 0. The Morgan fingerprint density at radius 1 is 1.18 bits per heavy atom. The average Bonchev–Trinajstić information content (AvgIpc) is 2.10. The van der Waals surface area contributed by atoms with Gasteiger partial charge in [-0.2, -0.15) is 8.42 Å². The van der Waals surface area contributed by atoms with Crippen LogP contribution in [0.2, 0.25) is 0 Å². The number of nitrogens with zero attached hydrogens (tertiary/aromatic N) is 1. The number of nitrogens with one attached hydrogen (secondary N) is 1. The van der Waals surface area contributed by atoms with Crippen molar-refractivity contribution in [2.24, 2.45) is 0 Å². The lowest BCUT2D eigenvalue weighted by Gasteiger charge is -2.18. The monoisotopic (exact) mass is 310 g/mol. The number of rotatable bonds is 6. The Labute approximate surface area is 104 Å². The molecule has 0 aliphatic carbocycles. The highest BCUT2D eigenvalue weighted by atomic mass is 32.2. The van der Waals surface area contributed by atoms with E-state index in [1.807, 2.05) is 4.83 Å². The van der Waals surface area contributed by atoms with Gasteiger partial charge >= 0.3 is 11.6 Å². The summed E-state index contributed by atoms with van der Waals surface area (Å²) in [5.74, 6) is 0. The fourth-order valence-corrected chi connectivity index (χ4v) is 2.45. The molecule has 0 aromatic carbocycles. The van der Waals surface area contributed by atoms with Gasteiger partial charge in [-0.05, 0) is 0 Å². The highest BCUT2D eigenvalue weighted by molar-refractivity contribution is 7.91. The van der Waals surface area contributed by atoms with Crippen molar-refractivity contribution in [3.8, 4) is 0 Å². The van der Waals surface area contributed by atoms with Gasteiger partial charge in [0.15, 0.2) is 0 Å². The maximum atomic E-state index is 11.1. The van der Waals surface area contributed by atoms with Crippen LogP contribution in [-0.4, -0.2) is 62.4 Å². The molecule has 0 spiro atoms. The number of ether oxygens (including phenoxy) is 1. The standard InChI is InChI=1S/C5H14N2O5S2.O2S/c1-12-5-4-7(14(3,10)11)6-13(2,8)9;1-3-2/h6H,4-5H2,1-3H3;. The molecule has 9 nitrogen and oxygen atoms in total. The Morgan fingerprint density at radius 2 is 1.59 bits per heavy atom. The van der Waals surface area contributed by atoms with Gasteiger partial charge in [0.05, 0.1) is 25.7 Å². The minimum Gasteiger partial charge on any atom is -0.383 e. The molecule has 17 heavy (non-hydrogen) atoms. The largest absolute Gasteiger partial charge is 0.383 e. The van der Waals surface area contributed by atoms with E-state index in [9.17, 15) is 16.8 Å². The molecule has 104 valence electrons. The number of hydrogen-bond donors (Lipinski definition) is 1. The van der Waals surface area contributed by atoms with E-state index in [2.05, 4.69) is 4.74 Å². The molecule has 0 aliphatic heterocycles. The van der Waals surface area contributed by atoms with E-state index >= 15 is 0 Å². The van der Waals surface area contributed by atoms with Crippen molar-refractivity contribution in [1.29, 1.82) is 0 Å². The second kappa shape index (κ2) is 8.66. The smallest absolute Gasteiger partial charge is 0.335 e. The zero-order valence-electron chi connectivity index (χ0n) is 9.44. The quantitative estimate of drug-likeness (QED) is 0.546. The number of methoxy groups -OCH3 is 1. The number of sulfonamides is 2. The van der Waals surface area contributed by atoms with Crippen molar-refractivity contribution in [1.82, 2.24) is 9.25 Å². The van der Waals surface area contributed by atoms with Crippen molar-refractivity contribution in [3.05, 3.63) is 0 Å². The topological polar surface area (TPSA) is 127 Å². The predicted octanol–water partition coefficient (Wildman–Crippen LogP) is -2.31. The highest BCUT2D eigenvalue weighted by Crippen LogP contribution is 1.94. The van der Waals surface area contributed by atoms with E-state index in [1.165, 1.54) is 7.11 Å². The van der Waals surface area contributed by atoms with Crippen LogP contribution >= 0.6 is 0 Å². The van der Waals surface area contributed by atoms with Crippen LogP contribution in [0.3, 0.4) is 0 Å². The molecule has 0 amide bonds. The zero-order chi connectivity index (χ0) is 14.1. The maximum absolute atomic E-state index is 11.1. The lowest BCUT2D eigenvalue weighted by atomic mass is 10.7. The molecule has 0 rings (SSSR count). The first-order valence-corrected chi connectivity index (χ1v) is 8.35. The third-order valence-electron chi connectivity index (χ3n) is 1.17. The van der Waals surface area contributed by atoms with Gasteiger partial charge in [0, 0.05) is 7.11 Å². The second-order valence-corrected chi connectivity index (χ2v) is 6.53. The van der Waals surface area contributed by atoms with Crippen LogP contribution in [-0.2, 0) is 36.4 Å². The fourth-order valence-electron chi connectivity index (χ4n) is 0.638. The molecule has 1 N–H and O–H groups in total. The van der Waals surface area contributed by atoms with Crippen molar-refractivity contribution >= 4 is 31.6 Å². The van der Waals surface area contributed by atoms with E-state index < -0.39 is 31.6 Å². The Kier molecular flexibility index (Phi) is 9.65. The molecule has 0 radical (unpaired) electrons. The SMILES string of the molecule is COCCN(NS(C)(=O)=O)S(C)(=O)=O.O=S=O. The molecular formula is C5H14N2O7S3. The van der Waals surface area contributed by atoms with Gasteiger partial charge in [-0.25, -0.2) is 16.8 Å². The molecule has 12 heteroatoms. The van der Waals surface area contributed by atoms with Crippen molar-refractivity contribution in [3.63, 3.8) is 0 Å². The predicted molar refractivity (Wildman–Crippen MR) is 60.3 cm³/mol. The normalized spacial score (nSPS) is 11.8. The molecule has 0 aromatic heterocycles. The molecular weight excluding hydrogens is 296 g/mol. The van der Waals surface area contributed by atoms with Gasteiger partial charge in [0.25, 0.3) is 0 Å². The Balaban J connectivity index is 0. The molecule has 0 bridgehead atoms. The average molecular weight is 310 g/mol. The third kappa shape index (κ3) is 13.5. The van der Waals surface area contributed by atoms with Crippen LogP contribution < -0.4 is 4.83 Å². The van der Waals surface area contributed by atoms with Crippen LogP contribution in [0.25, 0.3) is 0 Å². The van der Waals surface area contributed by atoms with Crippen LogP contribution in [0.4, 0.5) is 0 Å². The van der Waals surface area contributed by atoms with Crippen LogP contribution in [0.5, 0.6) is 0 Å². The number of hydrazine groups is 1. The summed E-state index contributed by atoms with van der Waals surface area (Å²) in [4.78, 5) is 1.87.